The fourth-order valence-corrected chi connectivity index (χ4v) is 3.42. The Hall–Kier alpha value is -2.24. The van der Waals surface area contributed by atoms with Crippen molar-refractivity contribution in [3.63, 3.8) is 0 Å². The number of nitrogens with one attached hydrogen (secondary N) is 1. The lowest BCUT2D eigenvalue weighted by Gasteiger charge is -2.27. The molecule has 2 atom stereocenters. The summed E-state index contributed by atoms with van der Waals surface area (Å²) in [7, 11) is 1.60. The topological polar surface area (TPSA) is 84.9 Å². The average Bonchev–Trinajstić information content (AvgIpc) is 2.62. The molecule has 0 saturated heterocycles. The van der Waals surface area contributed by atoms with Crippen LogP contribution in [0.3, 0.4) is 0 Å². The summed E-state index contributed by atoms with van der Waals surface area (Å²) in [5.41, 5.74) is 0.958. The predicted molar refractivity (Wildman–Crippen MR) is 94.0 cm³/mol. The number of hydrogen-bond acceptors (Lipinski definition) is 4. The summed E-state index contributed by atoms with van der Waals surface area (Å²) in [6.07, 6.45) is 3.61. The molecule has 2 N–H and O–H groups in total. The quantitative estimate of drug-likeness (QED) is 0.754. The molecule has 25 heavy (non-hydrogen) atoms. The van der Waals surface area contributed by atoms with Crippen LogP contribution < -0.4 is 14.8 Å². The van der Waals surface area contributed by atoms with Crippen molar-refractivity contribution in [2.45, 2.75) is 39.0 Å². The van der Waals surface area contributed by atoms with Crippen molar-refractivity contribution < 1.29 is 24.2 Å². The number of para-hydroxylation sites is 1. The molecule has 0 bridgehead atoms. The van der Waals surface area contributed by atoms with Gasteiger partial charge in [0.25, 0.3) is 0 Å². The largest absolute Gasteiger partial charge is 0.493 e. The van der Waals surface area contributed by atoms with Crippen LogP contribution in [0.15, 0.2) is 18.2 Å². The Bertz CT molecular complexity index is 601. The van der Waals surface area contributed by atoms with Gasteiger partial charge in [0.1, 0.15) is 0 Å². The van der Waals surface area contributed by atoms with Crippen molar-refractivity contribution in [3.05, 3.63) is 23.8 Å². The molecule has 6 nitrogen and oxygen atoms in total. The Kier molecular flexibility index (Phi) is 7.10. The first-order valence-electron chi connectivity index (χ1n) is 8.87. The molecule has 0 aromatic heterocycles. The van der Waals surface area contributed by atoms with Crippen LogP contribution in [0.1, 0.15) is 38.2 Å². The summed E-state index contributed by atoms with van der Waals surface area (Å²) < 4.78 is 11.0. The molecule has 1 saturated carbocycles. The van der Waals surface area contributed by atoms with Crippen LogP contribution >= 0.6 is 0 Å². The summed E-state index contributed by atoms with van der Waals surface area (Å²) >= 11 is 0. The van der Waals surface area contributed by atoms with E-state index in [1.54, 1.807) is 7.11 Å². The zero-order valence-corrected chi connectivity index (χ0v) is 14.9. The van der Waals surface area contributed by atoms with Crippen molar-refractivity contribution in [2.24, 2.45) is 11.8 Å². The molecule has 1 fully saturated rings. The number of methoxy groups -OCH3 is 1. The minimum absolute atomic E-state index is 0.159. The van der Waals surface area contributed by atoms with Gasteiger partial charge in [-0.3, -0.25) is 9.59 Å². The third kappa shape index (κ3) is 4.87. The van der Waals surface area contributed by atoms with E-state index in [4.69, 9.17) is 9.47 Å². The number of carbonyl (C=O) groups is 2. The highest BCUT2D eigenvalue weighted by Crippen LogP contribution is 2.32. The SMILES string of the molecule is CCOc1c(CCNC(=O)C2CCCCC2C(=O)O)cccc1OC. The maximum absolute atomic E-state index is 12.4. The Balaban J connectivity index is 1.96. The van der Waals surface area contributed by atoms with Crippen LogP contribution in [0, 0.1) is 11.8 Å². The van der Waals surface area contributed by atoms with Crippen LogP contribution in [0.4, 0.5) is 0 Å². The highest BCUT2D eigenvalue weighted by atomic mass is 16.5. The van der Waals surface area contributed by atoms with Gasteiger partial charge in [-0.2, -0.15) is 0 Å². The Morgan fingerprint density at radius 3 is 2.60 bits per heavy atom. The van der Waals surface area contributed by atoms with E-state index in [2.05, 4.69) is 5.32 Å². The highest BCUT2D eigenvalue weighted by molar-refractivity contribution is 5.84. The standard InChI is InChI=1S/C19H27NO5/c1-3-25-17-13(7-6-10-16(17)24-2)11-12-20-18(21)14-8-4-5-9-15(14)19(22)23/h6-7,10,14-15H,3-5,8-9,11-12H2,1-2H3,(H,20,21)(H,22,23). The van der Waals surface area contributed by atoms with Crippen LogP contribution in [0.5, 0.6) is 11.5 Å². The molecule has 2 rings (SSSR count). The van der Waals surface area contributed by atoms with Crippen molar-refractivity contribution in [1.29, 1.82) is 0 Å². The molecule has 0 radical (unpaired) electrons. The molecule has 0 aliphatic heterocycles. The number of carboxylic acid groups (broad SMARTS) is 1. The highest BCUT2D eigenvalue weighted by Gasteiger charge is 2.35. The monoisotopic (exact) mass is 349 g/mol. The lowest BCUT2D eigenvalue weighted by molar-refractivity contribution is -0.148. The van der Waals surface area contributed by atoms with E-state index in [-0.39, 0.29) is 5.91 Å². The average molecular weight is 349 g/mol. The Morgan fingerprint density at radius 1 is 1.24 bits per heavy atom. The summed E-state index contributed by atoms with van der Waals surface area (Å²) in [5, 5.41) is 12.2. The Morgan fingerprint density at radius 2 is 1.96 bits per heavy atom. The summed E-state index contributed by atoms with van der Waals surface area (Å²) in [5.74, 6) is -0.654. The number of carbonyl (C=O) groups excluding carboxylic acids is 1. The second-order valence-corrected chi connectivity index (χ2v) is 6.26. The molecule has 138 valence electrons. The smallest absolute Gasteiger partial charge is 0.307 e. The van der Waals surface area contributed by atoms with Crippen molar-refractivity contribution >= 4 is 11.9 Å². The molecular weight excluding hydrogens is 322 g/mol. The van der Waals surface area contributed by atoms with Gasteiger partial charge >= 0.3 is 5.97 Å². The zero-order valence-electron chi connectivity index (χ0n) is 14.9. The minimum Gasteiger partial charge on any atom is -0.493 e. The van der Waals surface area contributed by atoms with Crippen LogP contribution in [-0.4, -0.2) is 37.2 Å². The van der Waals surface area contributed by atoms with E-state index in [1.165, 1.54) is 0 Å². The molecular formula is C19H27NO5. The van der Waals surface area contributed by atoms with Gasteiger partial charge in [0.05, 0.1) is 25.6 Å². The second kappa shape index (κ2) is 9.30. The van der Waals surface area contributed by atoms with Gasteiger partial charge in [-0.1, -0.05) is 25.0 Å². The van der Waals surface area contributed by atoms with Gasteiger partial charge in [0.15, 0.2) is 11.5 Å². The zero-order chi connectivity index (χ0) is 18.2. The number of ether oxygens (including phenoxy) is 2. The maximum atomic E-state index is 12.4. The first-order chi connectivity index (χ1) is 12.1. The fourth-order valence-electron chi connectivity index (χ4n) is 3.42. The van der Waals surface area contributed by atoms with E-state index in [0.717, 1.165) is 18.4 Å². The first-order valence-corrected chi connectivity index (χ1v) is 8.87. The van der Waals surface area contributed by atoms with E-state index in [9.17, 15) is 14.7 Å². The van der Waals surface area contributed by atoms with Crippen LogP contribution in [0.2, 0.25) is 0 Å². The molecule has 6 heteroatoms. The first kappa shape index (κ1) is 19.1. The lowest BCUT2D eigenvalue weighted by Crippen LogP contribution is -2.40. The fraction of sp³-hybridized carbons (Fsp3) is 0.579. The van der Waals surface area contributed by atoms with E-state index >= 15 is 0 Å². The molecule has 1 aliphatic carbocycles. The Labute approximate surface area is 148 Å². The predicted octanol–water partition coefficient (Wildman–Crippen LogP) is 2.64. The van der Waals surface area contributed by atoms with Gasteiger partial charge in [0, 0.05) is 6.54 Å². The van der Waals surface area contributed by atoms with Crippen LogP contribution in [-0.2, 0) is 16.0 Å². The number of rotatable bonds is 8. The van der Waals surface area contributed by atoms with Gasteiger partial charge in [-0.05, 0) is 37.8 Å². The minimum atomic E-state index is -0.869. The summed E-state index contributed by atoms with van der Waals surface area (Å²) in [6.45, 7) is 2.88. The lowest BCUT2D eigenvalue weighted by atomic mass is 9.78. The van der Waals surface area contributed by atoms with Crippen molar-refractivity contribution in [1.82, 2.24) is 5.32 Å². The number of benzene rings is 1. The number of amides is 1. The molecule has 2 unspecified atom stereocenters. The van der Waals surface area contributed by atoms with Gasteiger partial charge < -0.3 is 19.9 Å². The normalized spacial score (nSPS) is 19.9. The third-order valence-corrected chi connectivity index (χ3v) is 4.68. The molecule has 1 aliphatic rings. The second-order valence-electron chi connectivity index (χ2n) is 6.26. The van der Waals surface area contributed by atoms with Crippen molar-refractivity contribution in [3.8, 4) is 11.5 Å². The van der Waals surface area contributed by atoms with Crippen molar-refractivity contribution in [2.75, 3.05) is 20.3 Å². The van der Waals surface area contributed by atoms with E-state index < -0.39 is 17.8 Å². The van der Waals surface area contributed by atoms with Gasteiger partial charge in [-0.15, -0.1) is 0 Å². The maximum Gasteiger partial charge on any atom is 0.307 e. The van der Waals surface area contributed by atoms with Gasteiger partial charge in [0.2, 0.25) is 5.91 Å². The molecule has 0 spiro atoms. The molecule has 1 aromatic carbocycles. The third-order valence-electron chi connectivity index (χ3n) is 4.68. The number of aliphatic carboxylic acids is 1. The van der Waals surface area contributed by atoms with Gasteiger partial charge in [-0.25, -0.2) is 0 Å². The van der Waals surface area contributed by atoms with E-state index in [0.29, 0.717) is 43.9 Å². The molecule has 1 aromatic rings. The number of hydrogen-bond donors (Lipinski definition) is 2. The van der Waals surface area contributed by atoms with Crippen LogP contribution in [0.25, 0.3) is 0 Å². The molecule has 0 heterocycles. The summed E-state index contributed by atoms with van der Waals surface area (Å²) in [4.78, 5) is 23.7. The molecule has 1 amide bonds. The number of carboxylic acids is 1. The van der Waals surface area contributed by atoms with E-state index in [1.807, 2.05) is 25.1 Å². The summed E-state index contributed by atoms with van der Waals surface area (Å²) in [6, 6.07) is 5.67.